The predicted molar refractivity (Wildman–Crippen MR) is 112 cm³/mol. The number of hydrogen-bond donors (Lipinski definition) is 3. The van der Waals surface area contributed by atoms with Gasteiger partial charge in [0.25, 0.3) is 5.97 Å². The summed E-state index contributed by atoms with van der Waals surface area (Å²) in [5.74, 6) is -1.16. The normalized spacial score (nSPS) is 33.7. The zero-order chi connectivity index (χ0) is 23.2. The average molecular weight is 510 g/mol. The Labute approximate surface area is 182 Å². The molecule has 2 rings (SSSR count). The Morgan fingerprint density at radius 3 is 1.81 bits per heavy atom. The molecule has 2 heterocycles. The van der Waals surface area contributed by atoms with Crippen molar-refractivity contribution < 1.29 is 57.7 Å². The van der Waals surface area contributed by atoms with Gasteiger partial charge in [-0.15, -0.1) is 0 Å². The molecular weight excluding hydrogens is 477 g/mol. The van der Waals surface area contributed by atoms with Gasteiger partial charge in [-0.3, -0.25) is 13.7 Å². The molecule has 15 heteroatoms. The topological polar surface area (TPSA) is 167 Å². The Hall–Kier alpha value is 0.330. The summed E-state index contributed by atoms with van der Waals surface area (Å²) in [4.78, 5) is 0. The van der Waals surface area contributed by atoms with E-state index in [1.165, 1.54) is 0 Å². The lowest BCUT2D eigenvalue weighted by molar-refractivity contribution is -0.321. The van der Waals surface area contributed by atoms with Crippen molar-refractivity contribution in [2.75, 3.05) is 0 Å². The fraction of sp³-hybridized carbons (Fsp3) is 1.00. The maximum Gasteiger partial charge on any atom is 0.284 e. The van der Waals surface area contributed by atoms with Crippen LogP contribution in [-0.4, -0.2) is 57.0 Å². The Bertz CT molecular complexity index is 637. The van der Waals surface area contributed by atoms with Gasteiger partial charge in [0, 0.05) is 23.4 Å². The van der Waals surface area contributed by atoms with Gasteiger partial charge in [-0.05, 0) is 46.0 Å². The third-order valence-electron chi connectivity index (χ3n) is 5.91. The zero-order valence-electron chi connectivity index (χ0n) is 17.7. The minimum Gasteiger partial charge on any atom is -0.322 e. The second kappa shape index (κ2) is 12.7. The summed E-state index contributed by atoms with van der Waals surface area (Å²) < 4.78 is 65.8. The van der Waals surface area contributed by atoms with E-state index < -0.39 is 47.0 Å². The third kappa shape index (κ3) is 7.15. The van der Waals surface area contributed by atoms with Crippen molar-refractivity contribution in [3.63, 3.8) is 0 Å². The van der Waals surface area contributed by atoms with Gasteiger partial charge in [0.1, 0.15) is 6.10 Å². The molecule has 12 nitrogen and oxygen atoms in total. The quantitative estimate of drug-likeness (QED) is 0.163. The highest BCUT2D eigenvalue weighted by Crippen LogP contribution is 2.47. The van der Waals surface area contributed by atoms with Crippen LogP contribution in [0.3, 0.4) is 0 Å². The van der Waals surface area contributed by atoms with Crippen LogP contribution in [0, 0.1) is 0 Å². The van der Waals surface area contributed by atoms with E-state index in [2.05, 4.69) is 14.0 Å². The molecule has 0 aromatic heterocycles. The molecule has 3 N–H and O–H groups in total. The van der Waals surface area contributed by atoms with Crippen LogP contribution in [0.1, 0.15) is 59.3 Å². The molecule has 0 radical (unpaired) electrons. The molecule has 0 aromatic carbocycles. The number of hydrogen-bond acceptors (Lipinski definition) is 12. The van der Waals surface area contributed by atoms with Crippen molar-refractivity contribution in [1.82, 2.24) is 0 Å². The summed E-state index contributed by atoms with van der Waals surface area (Å²) >= 11 is 0. The van der Waals surface area contributed by atoms with Crippen LogP contribution in [0.15, 0.2) is 0 Å². The smallest absolute Gasteiger partial charge is 0.284 e. The molecule has 2 fully saturated rings. The van der Waals surface area contributed by atoms with E-state index >= 15 is 0 Å². The molecule has 0 saturated carbocycles. The van der Waals surface area contributed by atoms with Gasteiger partial charge in [-0.1, -0.05) is 6.92 Å². The first-order valence-corrected chi connectivity index (χ1v) is 14.5. The molecule has 2 saturated heterocycles. The molecular formula is C16H33O12P3. The van der Waals surface area contributed by atoms with Crippen LogP contribution in [-0.2, 0) is 41.9 Å². The summed E-state index contributed by atoms with van der Waals surface area (Å²) in [5.41, 5.74) is -2.14. The fourth-order valence-corrected chi connectivity index (χ4v) is 7.87. The van der Waals surface area contributed by atoms with E-state index in [9.17, 15) is 13.7 Å². The molecule has 31 heavy (non-hydrogen) atoms. The first kappa shape index (κ1) is 27.6. The minimum atomic E-state index is -3.00. The van der Waals surface area contributed by atoms with Gasteiger partial charge >= 0.3 is 0 Å². The summed E-state index contributed by atoms with van der Waals surface area (Å²) in [6, 6.07) is 0. The van der Waals surface area contributed by atoms with Crippen molar-refractivity contribution in [2.24, 2.45) is 0 Å². The zero-order valence-corrected chi connectivity index (χ0v) is 20.7. The molecule has 2 aliphatic rings. The van der Waals surface area contributed by atoms with Gasteiger partial charge in [-0.2, -0.15) is 14.0 Å². The molecule has 8 unspecified atom stereocenters. The average Bonchev–Trinajstić information content (AvgIpc) is 3.26. The van der Waals surface area contributed by atoms with E-state index in [4.69, 9.17) is 30.0 Å². The Morgan fingerprint density at radius 2 is 1.32 bits per heavy atom. The molecule has 2 bridgehead atoms. The van der Waals surface area contributed by atoms with Gasteiger partial charge < -0.3 is 14.2 Å². The van der Waals surface area contributed by atoms with Gasteiger partial charge in [0.15, 0.2) is 0 Å². The lowest BCUT2D eigenvalue weighted by Crippen LogP contribution is -2.39. The summed E-state index contributed by atoms with van der Waals surface area (Å²) in [6.07, 6.45) is 1.13. The fourth-order valence-electron chi connectivity index (χ4n) is 4.27. The van der Waals surface area contributed by atoms with Crippen LogP contribution in [0.25, 0.3) is 0 Å². The van der Waals surface area contributed by atoms with Crippen molar-refractivity contribution in [2.45, 2.75) is 101 Å². The molecule has 0 aromatic rings. The molecule has 8 atom stereocenters. The van der Waals surface area contributed by atoms with Crippen molar-refractivity contribution >= 4 is 24.1 Å². The number of ether oxygens (including phenoxy) is 3. The summed E-state index contributed by atoms with van der Waals surface area (Å²) in [6.45, 7) is 5.51. The highest BCUT2D eigenvalue weighted by atomic mass is 31.1. The molecule has 184 valence electrons. The summed E-state index contributed by atoms with van der Waals surface area (Å²) in [7, 11) is -8.75. The Kier molecular flexibility index (Phi) is 11.3. The van der Waals surface area contributed by atoms with Crippen LogP contribution < -0.4 is 0 Å². The first-order chi connectivity index (χ1) is 14.7. The van der Waals surface area contributed by atoms with E-state index in [1.54, 1.807) is 6.92 Å². The largest absolute Gasteiger partial charge is 0.322 e. The van der Waals surface area contributed by atoms with Crippen LogP contribution >= 0.6 is 24.1 Å². The van der Waals surface area contributed by atoms with E-state index in [0.717, 1.165) is 0 Å². The second-order valence-electron chi connectivity index (χ2n) is 8.01. The molecule has 2 aliphatic heterocycles. The maximum absolute atomic E-state index is 12.3. The molecule has 0 aliphatic carbocycles. The van der Waals surface area contributed by atoms with Gasteiger partial charge in [0.05, 0.1) is 12.2 Å². The molecule has 0 amide bonds. The Morgan fingerprint density at radius 1 is 0.839 bits per heavy atom. The van der Waals surface area contributed by atoms with Crippen molar-refractivity contribution in [1.29, 1.82) is 0 Å². The first-order valence-electron chi connectivity index (χ1n) is 10.3. The second-order valence-corrected chi connectivity index (χ2v) is 12.9. The standard InChI is InChI=1S/C16H33O12P3/c1-4-12(29(20)26-17)8-14(31(22)28-19)9-13(30(21)27-18)6-5-7-16-23-10(2)15(25-16)11(3)24-16/h10-15,17-19,29-31H,4-9H2,1-3H3. The number of fused-ring (bicyclic) bond motifs is 2. The highest BCUT2D eigenvalue weighted by molar-refractivity contribution is 7.41. The monoisotopic (exact) mass is 510 g/mol. The maximum atomic E-state index is 12.3. The SMILES string of the molecule is CCC(CC(CC(CCCC12OC(C)C(O1)C(C)O2)[PH](=O)OO)[PH](=O)OO)[PH](=O)OO. The summed E-state index contributed by atoms with van der Waals surface area (Å²) in [5, 5.41) is 26.6. The van der Waals surface area contributed by atoms with Crippen molar-refractivity contribution in [3.8, 4) is 0 Å². The van der Waals surface area contributed by atoms with Crippen LogP contribution in [0.4, 0.5) is 0 Å². The van der Waals surface area contributed by atoms with Gasteiger partial charge in [-0.25, -0.2) is 15.8 Å². The number of rotatable bonds is 15. The van der Waals surface area contributed by atoms with Gasteiger partial charge in [0.2, 0.25) is 24.1 Å². The molecule has 0 spiro atoms. The van der Waals surface area contributed by atoms with E-state index in [1.807, 2.05) is 13.8 Å². The lowest BCUT2D eigenvalue weighted by Gasteiger charge is -2.29. The third-order valence-corrected chi connectivity index (χ3v) is 10.1. The minimum absolute atomic E-state index is 0.0127. The van der Waals surface area contributed by atoms with Crippen molar-refractivity contribution in [3.05, 3.63) is 0 Å². The predicted octanol–water partition coefficient (Wildman–Crippen LogP) is 4.22. The highest BCUT2D eigenvalue weighted by Gasteiger charge is 2.56. The Balaban J connectivity index is 2.01. The van der Waals surface area contributed by atoms with E-state index in [0.29, 0.717) is 25.7 Å². The van der Waals surface area contributed by atoms with Crippen LogP contribution in [0.2, 0.25) is 0 Å². The lowest BCUT2D eigenvalue weighted by atomic mass is 10.1. The van der Waals surface area contributed by atoms with Crippen LogP contribution in [0.5, 0.6) is 0 Å². The van der Waals surface area contributed by atoms with E-state index in [-0.39, 0.29) is 31.2 Å².